The third-order valence-electron chi connectivity index (χ3n) is 1.68. The van der Waals surface area contributed by atoms with Gasteiger partial charge in [-0.3, -0.25) is 0 Å². The van der Waals surface area contributed by atoms with E-state index in [0.717, 1.165) is 5.57 Å². The molecule has 0 unspecified atom stereocenters. The summed E-state index contributed by atoms with van der Waals surface area (Å²) in [5.74, 6) is 0.643. The highest BCUT2D eigenvalue weighted by molar-refractivity contribution is 7.90. The van der Waals surface area contributed by atoms with Crippen molar-refractivity contribution in [3.63, 3.8) is 0 Å². The van der Waals surface area contributed by atoms with Crippen LogP contribution in [0.1, 0.15) is 0 Å². The van der Waals surface area contributed by atoms with Gasteiger partial charge in [-0.2, -0.15) is 0 Å². The first-order valence-electron chi connectivity index (χ1n) is 3.87. The Labute approximate surface area is 99.1 Å². The van der Waals surface area contributed by atoms with Crippen LogP contribution in [0.2, 0.25) is 0 Å². The summed E-state index contributed by atoms with van der Waals surface area (Å²) >= 11 is 15.0. The Kier molecular flexibility index (Phi) is 4.25. The Balaban J connectivity index is 3.00. The highest BCUT2D eigenvalue weighted by atomic mass is 32.1. The average Bonchev–Trinajstić information content (AvgIpc) is 2.20. The van der Waals surface area contributed by atoms with Crippen molar-refractivity contribution >= 4 is 51.8 Å². The Morgan fingerprint density at radius 1 is 1.21 bits per heavy atom. The fourth-order valence-corrected chi connectivity index (χ4v) is 1.58. The molecular formula is C10H8OS3. The number of thiocarbonyl (C=S) groups is 3. The van der Waals surface area contributed by atoms with Crippen molar-refractivity contribution in [2.75, 3.05) is 7.11 Å². The average molecular weight is 240 g/mol. The summed E-state index contributed by atoms with van der Waals surface area (Å²) in [4.78, 5) is 1.21. The van der Waals surface area contributed by atoms with Crippen molar-refractivity contribution in [3.05, 3.63) is 35.6 Å². The van der Waals surface area contributed by atoms with Crippen LogP contribution in [0.4, 0.5) is 0 Å². The van der Waals surface area contributed by atoms with Crippen molar-refractivity contribution in [1.82, 2.24) is 0 Å². The van der Waals surface area contributed by atoms with Crippen LogP contribution in [0.15, 0.2) is 35.6 Å². The first kappa shape index (κ1) is 11.4. The molecule has 72 valence electrons. The molecular weight excluding hydrogens is 232 g/mol. The molecule has 0 fully saturated rings. The topological polar surface area (TPSA) is 9.23 Å². The lowest BCUT2D eigenvalue weighted by Crippen LogP contribution is -2.17. The smallest absolute Gasteiger partial charge is 0.138 e. The molecule has 0 aliphatic heterocycles. The maximum absolute atomic E-state index is 5.18. The van der Waals surface area contributed by atoms with E-state index in [4.69, 9.17) is 29.2 Å². The molecule has 0 atom stereocenters. The molecule has 1 rings (SSSR count). The second-order valence-corrected chi connectivity index (χ2v) is 3.60. The molecule has 0 saturated carbocycles. The van der Waals surface area contributed by atoms with Crippen LogP contribution in [0.5, 0.6) is 0 Å². The first-order chi connectivity index (χ1) is 6.70. The van der Waals surface area contributed by atoms with Gasteiger partial charge in [0.05, 0.1) is 16.8 Å². The van der Waals surface area contributed by atoms with Gasteiger partial charge in [-0.25, -0.2) is 0 Å². The van der Waals surface area contributed by atoms with Gasteiger partial charge in [0, 0.05) is 5.37 Å². The third-order valence-corrected chi connectivity index (χ3v) is 2.81. The van der Waals surface area contributed by atoms with Crippen molar-refractivity contribution in [2.24, 2.45) is 0 Å². The summed E-state index contributed by atoms with van der Waals surface area (Å²) in [6.45, 7) is 0. The highest BCUT2D eigenvalue weighted by Crippen LogP contribution is 2.16. The molecule has 0 aromatic rings. The fourth-order valence-electron chi connectivity index (χ4n) is 0.995. The van der Waals surface area contributed by atoms with Crippen LogP contribution < -0.4 is 0 Å². The van der Waals surface area contributed by atoms with Crippen LogP contribution in [-0.2, 0) is 4.74 Å². The largest absolute Gasteiger partial charge is 0.495 e. The van der Waals surface area contributed by atoms with Gasteiger partial charge in [0.15, 0.2) is 0 Å². The van der Waals surface area contributed by atoms with E-state index in [-0.39, 0.29) is 0 Å². The SMILES string of the molecule is COC1=CC=C(C=CC=S)C(=S)C1=S. The summed E-state index contributed by atoms with van der Waals surface area (Å²) < 4.78 is 5.06. The molecule has 0 saturated heterocycles. The molecule has 0 N–H and O–H groups in total. The van der Waals surface area contributed by atoms with E-state index in [2.05, 4.69) is 12.2 Å². The van der Waals surface area contributed by atoms with Gasteiger partial charge in [0.25, 0.3) is 0 Å². The van der Waals surface area contributed by atoms with Gasteiger partial charge in [-0.05, 0) is 17.7 Å². The zero-order chi connectivity index (χ0) is 10.6. The van der Waals surface area contributed by atoms with Crippen molar-refractivity contribution in [1.29, 1.82) is 0 Å². The molecule has 0 spiro atoms. The first-order valence-corrected chi connectivity index (χ1v) is 5.16. The number of hydrogen-bond acceptors (Lipinski definition) is 4. The zero-order valence-corrected chi connectivity index (χ0v) is 9.97. The number of hydrogen-bond donors (Lipinski definition) is 0. The molecule has 0 heterocycles. The molecule has 0 amide bonds. The molecule has 1 aliphatic carbocycles. The van der Waals surface area contributed by atoms with Crippen LogP contribution in [0, 0.1) is 0 Å². The van der Waals surface area contributed by atoms with Crippen LogP contribution in [0.25, 0.3) is 0 Å². The number of allylic oxidation sites excluding steroid dienone is 6. The summed E-state index contributed by atoms with van der Waals surface area (Å²) in [5, 5.41) is 1.53. The van der Waals surface area contributed by atoms with Gasteiger partial charge < -0.3 is 4.74 Å². The summed E-state index contributed by atoms with van der Waals surface area (Å²) in [7, 11) is 1.58. The lowest BCUT2D eigenvalue weighted by atomic mass is 10.0. The normalized spacial score (nSPS) is 16.6. The van der Waals surface area contributed by atoms with E-state index in [1.165, 1.54) is 5.37 Å². The fraction of sp³-hybridized carbons (Fsp3) is 0.100. The lowest BCUT2D eigenvalue weighted by molar-refractivity contribution is 0.317. The molecule has 0 bridgehead atoms. The molecule has 4 heteroatoms. The molecule has 0 radical (unpaired) electrons. The molecule has 0 aromatic carbocycles. The van der Waals surface area contributed by atoms with E-state index in [0.29, 0.717) is 15.5 Å². The minimum absolute atomic E-state index is 0.578. The van der Waals surface area contributed by atoms with Gasteiger partial charge in [-0.1, -0.05) is 48.8 Å². The van der Waals surface area contributed by atoms with E-state index in [1.807, 2.05) is 12.2 Å². The summed E-state index contributed by atoms with van der Waals surface area (Å²) in [6.07, 6.45) is 7.26. The third kappa shape index (κ3) is 2.41. The molecule has 1 aliphatic rings. The lowest BCUT2D eigenvalue weighted by Gasteiger charge is -2.13. The van der Waals surface area contributed by atoms with E-state index in [1.54, 1.807) is 19.3 Å². The quantitative estimate of drug-likeness (QED) is 0.554. The Morgan fingerprint density at radius 3 is 2.50 bits per heavy atom. The second kappa shape index (κ2) is 5.24. The summed E-state index contributed by atoms with van der Waals surface area (Å²) in [5.41, 5.74) is 0.895. The second-order valence-electron chi connectivity index (χ2n) is 2.51. The van der Waals surface area contributed by atoms with Crippen LogP contribution >= 0.6 is 36.7 Å². The van der Waals surface area contributed by atoms with Crippen LogP contribution in [0.3, 0.4) is 0 Å². The van der Waals surface area contributed by atoms with Gasteiger partial charge in [0.2, 0.25) is 0 Å². The minimum Gasteiger partial charge on any atom is -0.495 e. The number of ether oxygens (including phenoxy) is 1. The minimum atomic E-state index is 0.578. The Hall–Kier alpha value is -0.710. The predicted molar refractivity (Wildman–Crippen MR) is 71.2 cm³/mol. The van der Waals surface area contributed by atoms with Gasteiger partial charge in [0.1, 0.15) is 5.76 Å². The molecule has 0 aromatic heterocycles. The van der Waals surface area contributed by atoms with E-state index >= 15 is 0 Å². The Morgan fingerprint density at radius 2 is 1.93 bits per heavy atom. The van der Waals surface area contributed by atoms with Crippen molar-refractivity contribution in [3.8, 4) is 0 Å². The van der Waals surface area contributed by atoms with Gasteiger partial charge in [-0.15, -0.1) is 0 Å². The monoisotopic (exact) mass is 240 g/mol. The van der Waals surface area contributed by atoms with E-state index < -0.39 is 0 Å². The maximum Gasteiger partial charge on any atom is 0.138 e. The molecule has 1 nitrogen and oxygen atoms in total. The standard InChI is InChI=1S/C10H8OS3/c1-11-8-5-4-7(3-2-6-12)9(13)10(8)14/h2-6H,1H3. The van der Waals surface area contributed by atoms with Crippen LogP contribution in [-0.4, -0.2) is 22.2 Å². The van der Waals surface area contributed by atoms with Gasteiger partial charge >= 0.3 is 0 Å². The van der Waals surface area contributed by atoms with Crippen molar-refractivity contribution in [2.45, 2.75) is 0 Å². The predicted octanol–water partition coefficient (Wildman–Crippen LogP) is 2.75. The highest BCUT2D eigenvalue weighted by Gasteiger charge is 2.16. The number of rotatable bonds is 3. The maximum atomic E-state index is 5.18. The zero-order valence-electron chi connectivity index (χ0n) is 7.52. The summed E-state index contributed by atoms with van der Waals surface area (Å²) in [6, 6.07) is 0. The van der Waals surface area contributed by atoms with E-state index in [9.17, 15) is 0 Å². The number of methoxy groups -OCH3 is 1. The Bertz CT molecular complexity index is 375. The molecule has 14 heavy (non-hydrogen) atoms. The van der Waals surface area contributed by atoms with Crippen molar-refractivity contribution < 1.29 is 4.74 Å².